The number of rotatable bonds is 7. The Morgan fingerprint density at radius 2 is 1.96 bits per heavy atom. The Morgan fingerprint density at radius 1 is 1.18 bits per heavy atom. The van der Waals surface area contributed by atoms with E-state index in [1.165, 1.54) is 17.0 Å². The molecule has 14 nitrogen and oxygen atoms in total. The van der Waals surface area contributed by atoms with Crippen LogP contribution in [0.2, 0.25) is 0 Å². The second-order valence-corrected chi connectivity index (χ2v) is 15.8. The minimum atomic E-state index is -4.01. The highest BCUT2D eigenvalue weighted by atomic mass is 32.2. The highest BCUT2D eigenvalue weighted by Crippen LogP contribution is 2.47. The monoisotopic (exact) mass is 700 g/mol. The zero-order chi connectivity index (χ0) is 35.1. The van der Waals surface area contributed by atoms with E-state index in [1.54, 1.807) is 13.0 Å². The Kier molecular flexibility index (Phi) is 9.28. The van der Waals surface area contributed by atoms with E-state index < -0.39 is 74.0 Å². The maximum absolute atomic E-state index is 14.6. The summed E-state index contributed by atoms with van der Waals surface area (Å²) < 4.78 is 48.0. The number of aromatic nitrogens is 2. The molecule has 2 aliphatic carbocycles. The molecule has 6 rings (SSSR count). The summed E-state index contributed by atoms with van der Waals surface area (Å²) in [6.45, 7) is 3.25. The van der Waals surface area contributed by atoms with Gasteiger partial charge in [-0.25, -0.2) is 27.6 Å². The summed E-state index contributed by atoms with van der Waals surface area (Å²) in [4.78, 5) is 63.7. The van der Waals surface area contributed by atoms with Crippen LogP contribution < -0.4 is 20.1 Å². The zero-order valence-corrected chi connectivity index (χ0v) is 28.2. The van der Waals surface area contributed by atoms with Crippen LogP contribution in [0.4, 0.5) is 9.18 Å². The van der Waals surface area contributed by atoms with Gasteiger partial charge in [0, 0.05) is 12.3 Å². The molecule has 0 unspecified atom stereocenters. The van der Waals surface area contributed by atoms with Crippen molar-refractivity contribution in [2.75, 3.05) is 6.54 Å². The number of amides is 4. The van der Waals surface area contributed by atoms with Crippen molar-refractivity contribution < 1.29 is 41.8 Å². The van der Waals surface area contributed by atoms with Crippen molar-refractivity contribution in [3.8, 4) is 5.88 Å². The van der Waals surface area contributed by atoms with E-state index in [0.29, 0.717) is 49.7 Å². The molecule has 1 saturated heterocycles. The topological polar surface area (TPSA) is 197 Å². The van der Waals surface area contributed by atoms with Gasteiger partial charge in [0.2, 0.25) is 27.7 Å². The smallest absolute Gasteiger partial charge is 0.405 e. The maximum atomic E-state index is 14.6. The number of nitrogens with zero attached hydrogens (tertiary/aromatic N) is 3. The average molecular weight is 701 g/mol. The van der Waals surface area contributed by atoms with E-state index in [4.69, 9.17) is 4.74 Å². The summed E-state index contributed by atoms with van der Waals surface area (Å²) in [7, 11) is -4.01. The number of fused-ring (bicyclic) bond motifs is 3. The lowest BCUT2D eigenvalue weighted by Gasteiger charge is -2.29. The fourth-order valence-corrected chi connectivity index (χ4v) is 7.95. The van der Waals surface area contributed by atoms with Gasteiger partial charge in [0.25, 0.3) is 5.91 Å². The van der Waals surface area contributed by atoms with E-state index in [1.807, 2.05) is 19.1 Å². The molecule has 16 heteroatoms. The standard InChI is InChI=1S/C33H41FN6O8S/c1-3-22-28(37-26-21(34)11-9-13-23(26)35-22)48-20-16-25-27(41)38-33(30(43)39-49(46,47)32(2)14-15-32)17-19(33)10-7-5-4-6-8-12-24(36-31(44)45)29(42)40(25)18-20/h7,9-11,13,19-20,24-25,36H,3-6,8,12,14-18H2,1-2H3,(H,38,41)(H,39,43)(H,44,45)/t19-,20-,24+,25+,33-/m1/s1. The third-order valence-corrected chi connectivity index (χ3v) is 12.2. The number of halogens is 1. The molecule has 3 fully saturated rings. The lowest BCUT2D eigenvalue weighted by molar-refractivity contribution is -0.141. The highest BCUT2D eigenvalue weighted by Gasteiger charge is 2.63. The molecule has 0 radical (unpaired) electrons. The molecule has 1 aromatic heterocycles. The number of hydrogen-bond acceptors (Lipinski definition) is 9. The molecular formula is C33H41FN6O8S. The van der Waals surface area contributed by atoms with Crippen molar-refractivity contribution in [2.24, 2.45) is 5.92 Å². The number of sulfonamides is 1. The molecule has 1 aromatic carbocycles. The van der Waals surface area contributed by atoms with E-state index in [2.05, 4.69) is 25.3 Å². The first-order valence-electron chi connectivity index (χ1n) is 16.7. The summed E-state index contributed by atoms with van der Waals surface area (Å²) in [6.07, 6.45) is 5.64. The van der Waals surface area contributed by atoms with E-state index >= 15 is 0 Å². The second kappa shape index (κ2) is 13.2. The third-order valence-electron chi connectivity index (χ3n) is 10.1. The number of carbonyl (C=O) groups is 4. The Balaban J connectivity index is 1.32. The molecule has 4 N–H and O–H groups in total. The van der Waals surface area contributed by atoms with Gasteiger partial charge in [0.15, 0.2) is 5.82 Å². The number of para-hydroxylation sites is 1. The van der Waals surface area contributed by atoms with Crippen molar-refractivity contribution in [3.05, 3.63) is 41.9 Å². The predicted octanol–water partition coefficient (Wildman–Crippen LogP) is 2.71. The number of aryl methyl sites for hydroxylation is 1. The van der Waals surface area contributed by atoms with Gasteiger partial charge in [-0.1, -0.05) is 38.0 Å². The van der Waals surface area contributed by atoms with Gasteiger partial charge >= 0.3 is 6.09 Å². The first kappa shape index (κ1) is 34.5. The van der Waals surface area contributed by atoms with E-state index in [0.717, 1.165) is 6.42 Å². The Hall–Kier alpha value is -4.34. The molecule has 2 aromatic rings. The molecule has 0 bridgehead atoms. The summed E-state index contributed by atoms with van der Waals surface area (Å²) in [5.41, 5.74) is -0.778. The van der Waals surface area contributed by atoms with Gasteiger partial charge in [-0.3, -0.25) is 19.1 Å². The molecule has 49 heavy (non-hydrogen) atoms. The fourth-order valence-electron chi connectivity index (χ4n) is 6.64. The number of allylic oxidation sites excluding steroid dienone is 1. The molecule has 4 aliphatic rings. The minimum absolute atomic E-state index is 0.00196. The van der Waals surface area contributed by atoms with Gasteiger partial charge < -0.3 is 25.4 Å². The number of carboxylic acid groups (broad SMARTS) is 1. The number of hydrogen-bond donors (Lipinski definition) is 4. The van der Waals surface area contributed by atoms with E-state index in [9.17, 15) is 37.1 Å². The second-order valence-electron chi connectivity index (χ2n) is 13.6. The van der Waals surface area contributed by atoms with Crippen molar-refractivity contribution in [1.29, 1.82) is 0 Å². The van der Waals surface area contributed by atoms with Crippen LogP contribution in [-0.4, -0.2) is 87.2 Å². The largest absolute Gasteiger partial charge is 0.471 e. The van der Waals surface area contributed by atoms with Crippen molar-refractivity contribution in [1.82, 2.24) is 30.2 Å². The maximum Gasteiger partial charge on any atom is 0.405 e. The van der Waals surface area contributed by atoms with Crippen LogP contribution in [0.5, 0.6) is 5.88 Å². The summed E-state index contributed by atoms with van der Waals surface area (Å²) in [5.74, 6) is -3.22. The first-order valence-corrected chi connectivity index (χ1v) is 18.2. The molecule has 0 spiro atoms. The van der Waals surface area contributed by atoms with Crippen molar-refractivity contribution in [3.63, 3.8) is 0 Å². The number of benzene rings is 1. The van der Waals surface area contributed by atoms with Crippen molar-refractivity contribution in [2.45, 2.75) is 107 Å². The third kappa shape index (κ3) is 6.92. The Morgan fingerprint density at radius 3 is 2.67 bits per heavy atom. The van der Waals surface area contributed by atoms with Gasteiger partial charge in [-0.15, -0.1) is 0 Å². The molecule has 5 atom stereocenters. The van der Waals surface area contributed by atoms with Crippen molar-refractivity contribution >= 4 is 44.9 Å². The highest BCUT2D eigenvalue weighted by molar-refractivity contribution is 7.91. The molecule has 2 aliphatic heterocycles. The van der Waals surface area contributed by atoms with Crippen LogP contribution in [0.25, 0.3) is 11.0 Å². The SMILES string of the molecule is CCc1nc2cccc(F)c2nc1O[C@@H]1C[C@H]2C(=O)N[C@]3(C(=O)NS(=O)(=O)C4(C)CC4)C[C@H]3C=CCCCCC[C@H](NC(=O)O)C(=O)N2C1. The number of ether oxygens (including phenoxy) is 1. The van der Waals surface area contributed by atoms with E-state index in [-0.39, 0.29) is 37.2 Å². The van der Waals surface area contributed by atoms with Crippen LogP contribution >= 0.6 is 0 Å². The van der Waals surface area contributed by atoms with Gasteiger partial charge in [-0.2, -0.15) is 0 Å². The van der Waals surface area contributed by atoms with Crippen LogP contribution in [0, 0.1) is 11.7 Å². The predicted molar refractivity (Wildman–Crippen MR) is 174 cm³/mol. The number of nitrogens with one attached hydrogen (secondary N) is 3. The zero-order valence-electron chi connectivity index (χ0n) is 27.4. The Bertz CT molecular complexity index is 1820. The number of carbonyl (C=O) groups excluding carboxylic acids is 3. The van der Waals surface area contributed by atoms with Crippen LogP contribution in [0.3, 0.4) is 0 Å². The van der Waals surface area contributed by atoms with Gasteiger partial charge in [0.1, 0.15) is 34.9 Å². The molecule has 3 heterocycles. The summed E-state index contributed by atoms with van der Waals surface area (Å²) in [6, 6.07) is 2.04. The molecular weight excluding hydrogens is 659 g/mol. The lowest BCUT2D eigenvalue weighted by atomic mass is 10.1. The summed E-state index contributed by atoms with van der Waals surface area (Å²) >= 11 is 0. The average Bonchev–Trinajstić information content (AvgIpc) is 3.93. The first-order chi connectivity index (χ1) is 23.3. The normalized spacial score (nSPS) is 28.3. The summed E-state index contributed by atoms with van der Waals surface area (Å²) in [5, 5.41) is 14.6. The molecule has 264 valence electrons. The van der Waals surface area contributed by atoms with Crippen LogP contribution in [0.15, 0.2) is 30.4 Å². The lowest BCUT2D eigenvalue weighted by Crippen LogP contribution is -2.58. The Labute approximate surface area is 283 Å². The minimum Gasteiger partial charge on any atom is -0.471 e. The van der Waals surface area contributed by atoms with Crippen LogP contribution in [0.1, 0.15) is 77.3 Å². The molecule has 4 amide bonds. The van der Waals surface area contributed by atoms with Gasteiger partial charge in [-0.05, 0) is 64.0 Å². The van der Waals surface area contributed by atoms with Crippen LogP contribution in [-0.2, 0) is 30.8 Å². The molecule has 2 saturated carbocycles. The quantitative estimate of drug-likeness (QED) is 0.312. The van der Waals surface area contributed by atoms with Gasteiger partial charge in [0.05, 0.1) is 16.8 Å². The fraction of sp³-hybridized carbons (Fsp3) is 0.576.